The van der Waals surface area contributed by atoms with Crippen LogP contribution < -0.4 is 16.0 Å². The lowest BCUT2D eigenvalue weighted by molar-refractivity contribution is 0.0955. The van der Waals surface area contributed by atoms with E-state index in [1.165, 1.54) is 4.88 Å². The Morgan fingerprint density at radius 2 is 1.88 bits per heavy atom. The Balaban J connectivity index is 0.00000338. The Morgan fingerprint density at radius 1 is 1.08 bits per heavy atom. The van der Waals surface area contributed by atoms with Gasteiger partial charge in [0.1, 0.15) is 0 Å². The molecular weight excluding hydrogens is 459 g/mol. The van der Waals surface area contributed by atoms with Crippen LogP contribution in [0.15, 0.2) is 46.8 Å². The van der Waals surface area contributed by atoms with Crippen LogP contribution in [0.1, 0.15) is 34.6 Å². The van der Waals surface area contributed by atoms with Crippen LogP contribution in [0.3, 0.4) is 0 Å². The summed E-state index contributed by atoms with van der Waals surface area (Å²) in [5.74, 6) is 0.747. The van der Waals surface area contributed by atoms with Crippen LogP contribution in [-0.2, 0) is 13.0 Å². The van der Waals surface area contributed by atoms with Crippen molar-refractivity contribution in [1.82, 2.24) is 16.0 Å². The van der Waals surface area contributed by atoms with Crippen LogP contribution >= 0.6 is 35.3 Å². The Hall–Kier alpha value is -1.61. The smallest absolute Gasteiger partial charge is 0.251 e. The van der Waals surface area contributed by atoms with E-state index in [1.807, 2.05) is 38.1 Å². The fourth-order valence-corrected chi connectivity index (χ4v) is 3.05. The Kier molecular flexibility index (Phi) is 11.0. The maximum Gasteiger partial charge on any atom is 0.251 e. The van der Waals surface area contributed by atoms with Crippen molar-refractivity contribution in [1.29, 1.82) is 0 Å². The third-order valence-corrected chi connectivity index (χ3v) is 4.47. The van der Waals surface area contributed by atoms with Gasteiger partial charge in [-0.25, -0.2) is 4.99 Å². The molecule has 142 valence electrons. The number of guanidine groups is 1. The average molecular weight is 486 g/mol. The molecule has 2 rings (SSSR count). The number of nitrogens with one attached hydrogen (secondary N) is 3. The molecule has 0 saturated carbocycles. The number of carbonyl (C=O) groups excluding carboxylic acids is 1. The zero-order valence-corrected chi connectivity index (χ0v) is 18.4. The molecule has 3 N–H and O–H groups in total. The molecule has 26 heavy (non-hydrogen) atoms. The summed E-state index contributed by atoms with van der Waals surface area (Å²) in [6.07, 6.45) is 0.981. The van der Waals surface area contributed by atoms with Gasteiger partial charge in [-0.05, 0) is 49.4 Å². The van der Waals surface area contributed by atoms with Crippen LogP contribution in [0, 0.1) is 0 Å². The topological polar surface area (TPSA) is 65.5 Å². The summed E-state index contributed by atoms with van der Waals surface area (Å²) in [6, 6.07) is 11.8. The van der Waals surface area contributed by atoms with Crippen LogP contribution in [-0.4, -0.2) is 31.5 Å². The molecule has 1 amide bonds. The molecule has 0 atom stereocenters. The minimum Gasteiger partial charge on any atom is -0.357 e. The van der Waals surface area contributed by atoms with E-state index < -0.39 is 0 Å². The molecular formula is C19H27IN4OS. The molecule has 0 spiro atoms. The molecule has 1 heterocycles. The fraction of sp³-hybridized carbons (Fsp3) is 0.368. The van der Waals surface area contributed by atoms with E-state index in [1.54, 1.807) is 11.3 Å². The molecule has 1 aromatic carbocycles. The van der Waals surface area contributed by atoms with E-state index in [0.717, 1.165) is 31.0 Å². The van der Waals surface area contributed by atoms with E-state index in [-0.39, 0.29) is 29.9 Å². The van der Waals surface area contributed by atoms with Crippen LogP contribution in [0.25, 0.3) is 0 Å². The maximum atomic E-state index is 11.9. The Labute approximate surface area is 176 Å². The van der Waals surface area contributed by atoms with E-state index in [0.29, 0.717) is 18.7 Å². The van der Waals surface area contributed by atoms with Crippen molar-refractivity contribution in [3.63, 3.8) is 0 Å². The zero-order valence-electron chi connectivity index (χ0n) is 15.2. The Morgan fingerprint density at radius 3 is 2.58 bits per heavy atom. The number of carbonyl (C=O) groups is 1. The minimum absolute atomic E-state index is 0. The number of rotatable bonds is 8. The predicted octanol–water partition coefficient (Wildman–Crippen LogP) is 3.41. The number of hydrogen-bond acceptors (Lipinski definition) is 3. The highest BCUT2D eigenvalue weighted by molar-refractivity contribution is 14.0. The normalized spacial score (nSPS) is 10.8. The van der Waals surface area contributed by atoms with E-state index in [9.17, 15) is 4.79 Å². The molecule has 1 aromatic heterocycles. The van der Waals surface area contributed by atoms with Gasteiger partial charge in [0, 0.05) is 30.1 Å². The van der Waals surface area contributed by atoms with Crippen molar-refractivity contribution >= 4 is 47.2 Å². The number of nitrogens with zero attached hydrogens (tertiary/aromatic N) is 1. The number of halogens is 1. The first-order valence-corrected chi connectivity index (χ1v) is 9.52. The number of amides is 1. The summed E-state index contributed by atoms with van der Waals surface area (Å²) >= 11 is 1.77. The number of aliphatic imine (C=N–C) groups is 1. The highest BCUT2D eigenvalue weighted by Crippen LogP contribution is 2.08. The second kappa shape index (κ2) is 12.7. The first-order chi connectivity index (χ1) is 12.2. The standard InChI is InChI=1S/C19H26N4OS.HI/c1-3-20-18(24)16-8-5-7-15(13-16)14-23-19(21-4-2)22-11-10-17-9-6-12-25-17;/h5-9,12-13H,3-4,10-11,14H2,1-2H3,(H,20,24)(H2,21,22,23);1H. The van der Waals surface area contributed by atoms with Gasteiger partial charge in [0.25, 0.3) is 5.91 Å². The van der Waals surface area contributed by atoms with Gasteiger partial charge < -0.3 is 16.0 Å². The summed E-state index contributed by atoms with van der Waals surface area (Å²) in [6.45, 7) is 6.76. The molecule has 0 fully saturated rings. The highest BCUT2D eigenvalue weighted by Gasteiger charge is 2.05. The predicted molar refractivity (Wildman–Crippen MR) is 121 cm³/mol. The molecule has 5 nitrogen and oxygen atoms in total. The lowest BCUT2D eigenvalue weighted by Gasteiger charge is -2.11. The Bertz CT molecular complexity index is 689. The third kappa shape index (κ3) is 7.74. The van der Waals surface area contributed by atoms with Crippen molar-refractivity contribution in [3.05, 3.63) is 57.8 Å². The van der Waals surface area contributed by atoms with Crippen molar-refractivity contribution < 1.29 is 4.79 Å². The summed E-state index contributed by atoms with van der Waals surface area (Å²) in [7, 11) is 0. The van der Waals surface area contributed by atoms with Gasteiger partial charge in [-0.15, -0.1) is 35.3 Å². The molecule has 0 saturated heterocycles. The number of benzene rings is 1. The number of thiophene rings is 1. The summed E-state index contributed by atoms with van der Waals surface area (Å²) < 4.78 is 0. The second-order valence-corrected chi connectivity index (χ2v) is 6.54. The van der Waals surface area contributed by atoms with Crippen molar-refractivity contribution in [2.24, 2.45) is 4.99 Å². The molecule has 0 radical (unpaired) electrons. The van der Waals surface area contributed by atoms with Crippen molar-refractivity contribution in [2.75, 3.05) is 19.6 Å². The highest BCUT2D eigenvalue weighted by atomic mass is 127. The van der Waals surface area contributed by atoms with Crippen LogP contribution in [0.5, 0.6) is 0 Å². The summed E-state index contributed by atoms with van der Waals surface area (Å²) in [5, 5.41) is 11.5. The van der Waals surface area contributed by atoms with E-state index in [4.69, 9.17) is 0 Å². The van der Waals surface area contributed by atoms with Crippen molar-refractivity contribution in [2.45, 2.75) is 26.8 Å². The minimum atomic E-state index is -0.0469. The van der Waals surface area contributed by atoms with Gasteiger partial charge in [-0.2, -0.15) is 0 Å². The molecule has 0 aliphatic carbocycles. The molecule has 0 aliphatic rings. The van der Waals surface area contributed by atoms with Gasteiger partial charge >= 0.3 is 0 Å². The fourth-order valence-electron chi connectivity index (χ4n) is 2.34. The molecule has 7 heteroatoms. The quantitative estimate of drug-likeness (QED) is 0.305. The lowest BCUT2D eigenvalue weighted by Crippen LogP contribution is -2.38. The molecule has 0 bridgehead atoms. The van der Waals surface area contributed by atoms with Gasteiger partial charge in [-0.1, -0.05) is 18.2 Å². The van der Waals surface area contributed by atoms with Crippen LogP contribution in [0.4, 0.5) is 0 Å². The largest absolute Gasteiger partial charge is 0.357 e. The zero-order chi connectivity index (χ0) is 17.9. The maximum absolute atomic E-state index is 11.9. The monoisotopic (exact) mass is 486 g/mol. The van der Waals surface area contributed by atoms with Gasteiger partial charge in [0.15, 0.2) is 5.96 Å². The SMILES string of the molecule is CCNC(=O)c1cccc(CN=C(NCC)NCCc2cccs2)c1.I. The van der Waals surface area contributed by atoms with Gasteiger partial charge in [0.05, 0.1) is 6.54 Å². The summed E-state index contributed by atoms with van der Waals surface area (Å²) in [4.78, 5) is 17.9. The third-order valence-electron chi connectivity index (χ3n) is 3.53. The van der Waals surface area contributed by atoms with E-state index in [2.05, 4.69) is 38.5 Å². The van der Waals surface area contributed by atoms with Crippen molar-refractivity contribution in [3.8, 4) is 0 Å². The summed E-state index contributed by atoms with van der Waals surface area (Å²) in [5.41, 5.74) is 1.68. The van der Waals surface area contributed by atoms with Gasteiger partial charge in [0.2, 0.25) is 0 Å². The number of hydrogen-bond donors (Lipinski definition) is 3. The first-order valence-electron chi connectivity index (χ1n) is 8.64. The molecule has 2 aromatic rings. The lowest BCUT2D eigenvalue weighted by atomic mass is 10.1. The van der Waals surface area contributed by atoms with E-state index >= 15 is 0 Å². The second-order valence-electron chi connectivity index (χ2n) is 5.51. The van der Waals surface area contributed by atoms with Crippen LogP contribution in [0.2, 0.25) is 0 Å². The van der Waals surface area contributed by atoms with Gasteiger partial charge in [-0.3, -0.25) is 4.79 Å². The molecule has 0 unspecified atom stereocenters. The average Bonchev–Trinajstić information content (AvgIpc) is 3.13. The first kappa shape index (κ1) is 22.4. The molecule has 0 aliphatic heterocycles.